The zero-order valence-electron chi connectivity index (χ0n) is 13.7. The maximum absolute atomic E-state index is 12.3. The van der Waals surface area contributed by atoms with E-state index in [1.807, 2.05) is 0 Å². The van der Waals surface area contributed by atoms with Gasteiger partial charge in [0.25, 0.3) is 0 Å². The SMILES string of the molecule is COCCN(CC1CC(C(C)(C)C)CCC1=O)C1CC1. The Labute approximate surface area is 124 Å². The van der Waals surface area contributed by atoms with E-state index in [1.165, 1.54) is 12.8 Å². The zero-order chi connectivity index (χ0) is 14.8. The van der Waals surface area contributed by atoms with Gasteiger partial charge in [0.05, 0.1) is 6.61 Å². The molecule has 2 atom stereocenters. The first-order chi connectivity index (χ1) is 9.41. The largest absolute Gasteiger partial charge is 0.383 e. The summed E-state index contributed by atoms with van der Waals surface area (Å²) in [5.41, 5.74) is 0.329. The second-order valence-electron chi connectivity index (χ2n) is 7.72. The molecule has 0 N–H and O–H groups in total. The van der Waals surface area contributed by atoms with Crippen molar-refractivity contribution in [2.45, 2.75) is 58.9 Å². The smallest absolute Gasteiger partial charge is 0.137 e. The van der Waals surface area contributed by atoms with E-state index in [2.05, 4.69) is 25.7 Å². The van der Waals surface area contributed by atoms with E-state index >= 15 is 0 Å². The van der Waals surface area contributed by atoms with Gasteiger partial charge in [-0.25, -0.2) is 0 Å². The third-order valence-corrected chi connectivity index (χ3v) is 5.09. The van der Waals surface area contributed by atoms with Crippen LogP contribution in [0.15, 0.2) is 0 Å². The summed E-state index contributed by atoms with van der Waals surface area (Å²) in [6, 6.07) is 0.716. The molecule has 0 aromatic heterocycles. The van der Waals surface area contributed by atoms with Gasteiger partial charge in [-0.15, -0.1) is 0 Å². The Kier molecular flexibility index (Phi) is 5.25. The molecule has 20 heavy (non-hydrogen) atoms. The fourth-order valence-corrected chi connectivity index (χ4v) is 3.43. The van der Waals surface area contributed by atoms with E-state index in [0.29, 0.717) is 23.2 Å². The number of Topliss-reactive ketones (excluding diaryl/α,β-unsaturated/α-hetero) is 1. The molecule has 3 nitrogen and oxygen atoms in total. The number of ketones is 1. The summed E-state index contributed by atoms with van der Waals surface area (Å²) in [7, 11) is 1.76. The highest BCUT2D eigenvalue weighted by Crippen LogP contribution is 2.40. The van der Waals surface area contributed by atoms with Gasteiger partial charge >= 0.3 is 0 Å². The number of carbonyl (C=O) groups is 1. The molecule has 116 valence electrons. The molecule has 2 rings (SSSR count). The summed E-state index contributed by atoms with van der Waals surface area (Å²) in [5.74, 6) is 1.44. The lowest BCUT2D eigenvalue weighted by Crippen LogP contribution is -2.41. The molecule has 2 aliphatic carbocycles. The highest BCUT2D eigenvalue weighted by molar-refractivity contribution is 5.82. The number of hydrogen-bond acceptors (Lipinski definition) is 3. The van der Waals surface area contributed by atoms with Gasteiger partial charge in [-0.05, 0) is 37.0 Å². The minimum absolute atomic E-state index is 0.255. The number of rotatable bonds is 6. The summed E-state index contributed by atoms with van der Waals surface area (Å²) in [6.45, 7) is 9.65. The van der Waals surface area contributed by atoms with Crippen molar-refractivity contribution in [3.63, 3.8) is 0 Å². The molecule has 0 bridgehead atoms. The maximum atomic E-state index is 12.3. The molecule has 0 radical (unpaired) electrons. The van der Waals surface area contributed by atoms with E-state index in [4.69, 9.17) is 4.74 Å². The fraction of sp³-hybridized carbons (Fsp3) is 0.941. The van der Waals surface area contributed by atoms with E-state index in [9.17, 15) is 4.79 Å². The van der Waals surface area contributed by atoms with Gasteiger partial charge in [0.15, 0.2) is 0 Å². The lowest BCUT2D eigenvalue weighted by atomic mass is 9.68. The fourth-order valence-electron chi connectivity index (χ4n) is 3.43. The van der Waals surface area contributed by atoms with Crippen LogP contribution in [-0.2, 0) is 9.53 Å². The molecule has 0 aromatic carbocycles. The molecule has 0 saturated heterocycles. The zero-order valence-corrected chi connectivity index (χ0v) is 13.7. The van der Waals surface area contributed by atoms with E-state index < -0.39 is 0 Å². The Morgan fingerprint density at radius 2 is 1.95 bits per heavy atom. The first-order valence-corrected chi connectivity index (χ1v) is 8.17. The first kappa shape index (κ1) is 16.0. The quantitative estimate of drug-likeness (QED) is 0.749. The average molecular weight is 281 g/mol. The Bertz CT molecular complexity index is 330. The molecule has 0 spiro atoms. The monoisotopic (exact) mass is 281 g/mol. The van der Waals surface area contributed by atoms with Gasteiger partial charge in [0.1, 0.15) is 5.78 Å². The van der Waals surface area contributed by atoms with Crippen molar-refractivity contribution in [2.75, 3.05) is 26.8 Å². The van der Waals surface area contributed by atoms with Crippen molar-refractivity contribution >= 4 is 5.78 Å². The number of ether oxygens (including phenoxy) is 1. The Hall–Kier alpha value is -0.410. The van der Waals surface area contributed by atoms with Crippen molar-refractivity contribution in [2.24, 2.45) is 17.3 Å². The summed E-state index contributed by atoms with van der Waals surface area (Å²) in [6.07, 6.45) is 5.55. The standard InChI is InChI=1S/C17H31NO2/c1-17(2,3)14-5-8-16(19)13(11-14)12-18(9-10-20-4)15-6-7-15/h13-15H,5-12H2,1-4H3. The van der Waals surface area contributed by atoms with Gasteiger partial charge in [0.2, 0.25) is 0 Å². The lowest BCUT2D eigenvalue weighted by molar-refractivity contribution is -0.127. The molecule has 0 heterocycles. The third kappa shape index (κ3) is 4.29. The van der Waals surface area contributed by atoms with Gasteiger partial charge in [-0.2, -0.15) is 0 Å². The molecule has 2 unspecified atom stereocenters. The van der Waals surface area contributed by atoms with E-state index in [-0.39, 0.29) is 5.92 Å². The van der Waals surface area contributed by atoms with Crippen molar-refractivity contribution in [3.05, 3.63) is 0 Å². The maximum Gasteiger partial charge on any atom is 0.137 e. The summed E-state index contributed by atoms with van der Waals surface area (Å²) in [4.78, 5) is 14.8. The summed E-state index contributed by atoms with van der Waals surface area (Å²) < 4.78 is 5.22. The summed E-state index contributed by atoms with van der Waals surface area (Å²) in [5, 5.41) is 0. The molecule has 0 amide bonds. The highest BCUT2D eigenvalue weighted by Gasteiger charge is 2.37. The second kappa shape index (κ2) is 6.57. The number of nitrogens with zero attached hydrogens (tertiary/aromatic N) is 1. The van der Waals surface area contributed by atoms with Gasteiger partial charge in [-0.3, -0.25) is 9.69 Å². The molecule has 2 saturated carbocycles. The van der Waals surface area contributed by atoms with E-state index in [1.54, 1.807) is 7.11 Å². The average Bonchev–Trinajstić information content (AvgIpc) is 3.19. The molecule has 0 aromatic rings. The van der Waals surface area contributed by atoms with Crippen LogP contribution < -0.4 is 0 Å². The minimum atomic E-state index is 0.255. The normalized spacial score (nSPS) is 28.1. The third-order valence-electron chi connectivity index (χ3n) is 5.09. The number of methoxy groups -OCH3 is 1. The van der Waals surface area contributed by atoms with Crippen LogP contribution in [0.5, 0.6) is 0 Å². The number of hydrogen-bond donors (Lipinski definition) is 0. The molecule has 0 aliphatic heterocycles. The first-order valence-electron chi connectivity index (χ1n) is 8.17. The molecular formula is C17H31NO2. The topological polar surface area (TPSA) is 29.5 Å². The highest BCUT2D eigenvalue weighted by atomic mass is 16.5. The second-order valence-corrected chi connectivity index (χ2v) is 7.72. The van der Waals surface area contributed by atoms with Crippen LogP contribution in [-0.4, -0.2) is 43.5 Å². The molecule has 2 aliphatic rings. The van der Waals surface area contributed by atoms with Gasteiger partial charge in [0, 0.05) is 38.6 Å². The Morgan fingerprint density at radius 1 is 1.25 bits per heavy atom. The molecule has 2 fully saturated rings. The van der Waals surface area contributed by atoms with Crippen LogP contribution in [0.4, 0.5) is 0 Å². The van der Waals surface area contributed by atoms with Crippen molar-refractivity contribution in [3.8, 4) is 0 Å². The predicted molar refractivity (Wildman–Crippen MR) is 81.8 cm³/mol. The van der Waals surface area contributed by atoms with Gasteiger partial charge in [-0.1, -0.05) is 20.8 Å². The Morgan fingerprint density at radius 3 is 2.50 bits per heavy atom. The molecule has 3 heteroatoms. The van der Waals surface area contributed by atoms with Crippen LogP contribution >= 0.6 is 0 Å². The van der Waals surface area contributed by atoms with Gasteiger partial charge < -0.3 is 4.74 Å². The Balaban J connectivity index is 1.92. The minimum Gasteiger partial charge on any atom is -0.383 e. The van der Waals surface area contributed by atoms with Crippen LogP contribution in [0.2, 0.25) is 0 Å². The predicted octanol–water partition coefficient (Wildman–Crippen LogP) is 3.13. The molecular weight excluding hydrogens is 250 g/mol. The lowest BCUT2D eigenvalue weighted by Gasteiger charge is -2.38. The van der Waals surface area contributed by atoms with E-state index in [0.717, 1.165) is 39.0 Å². The van der Waals surface area contributed by atoms with Crippen molar-refractivity contribution < 1.29 is 9.53 Å². The van der Waals surface area contributed by atoms with Crippen LogP contribution in [0.1, 0.15) is 52.9 Å². The van der Waals surface area contributed by atoms with Crippen LogP contribution in [0.25, 0.3) is 0 Å². The van der Waals surface area contributed by atoms with Crippen molar-refractivity contribution in [1.82, 2.24) is 4.90 Å². The number of carbonyl (C=O) groups excluding carboxylic acids is 1. The summed E-state index contributed by atoms with van der Waals surface area (Å²) >= 11 is 0. The van der Waals surface area contributed by atoms with Crippen LogP contribution in [0.3, 0.4) is 0 Å². The van der Waals surface area contributed by atoms with Crippen molar-refractivity contribution in [1.29, 1.82) is 0 Å². The van der Waals surface area contributed by atoms with Crippen LogP contribution in [0, 0.1) is 17.3 Å².